The normalized spacial score (nSPS) is 11.3. The van der Waals surface area contributed by atoms with Gasteiger partial charge < -0.3 is 4.52 Å². The molecule has 0 spiro atoms. The van der Waals surface area contributed by atoms with Gasteiger partial charge in [0.25, 0.3) is 5.56 Å². The molecule has 0 saturated heterocycles. The molecule has 0 aliphatic heterocycles. The predicted octanol–water partition coefficient (Wildman–Crippen LogP) is 0.783. The van der Waals surface area contributed by atoms with E-state index in [1.165, 1.54) is 17.1 Å². The van der Waals surface area contributed by atoms with Crippen molar-refractivity contribution in [3.63, 3.8) is 0 Å². The summed E-state index contributed by atoms with van der Waals surface area (Å²) >= 11 is 0. The minimum absolute atomic E-state index is 0.113. The van der Waals surface area contributed by atoms with E-state index in [1.54, 1.807) is 11.7 Å². The average Bonchev–Trinajstić information content (AvgIpc) is 2.91. The highest BCUT2D eigenvalue weighted by molar-refractivity contribution is 5.72. The van der Waals surface area contributed by atoms with Crippen LogP contribution in [0.5, 0.6) is 0 Å². The number of rotatable bonds is 2. The molecule has 3 rings (SSSR count). The Balaban J connectivity index is 2.12. The van der Waals surface area contributed by atoms with Gasteiger partial charge in [0.2, 0.25) is 0 Å². The molecule has 0 bridgehead atoms. The summed E-state index contributed by atoms with van der Waals surface area (Å²) in [5.41, 5.74) is 2.17. The van der Waals surface area contributed by atoms with Crippen LogP contribution in [0, 0.1) is 13.8 Å². The fraction of sp³-hybridized carbons (Fsp3) is 0.333. The van der Waals surface area contributed by atoms with Crippen molar-refractivity contribution in [1.82, 2.24) is 24.5 Å². The first-order valence-corrected chi connectivity index (χ1v) is 5.87. The summed E-state index contributed by atoms with van der Waals surface area (Å²) in [5, 5.41) is 8.43. The van der Waals surface area contributed by atoms with Crippen LogP contribution in [-0.2, 0) is 13.6 Å². The summed E-state index contributed by atoms with van der Waals surface area (Å²) in [7, 11) is 1.76. The zero-order valence-corrected chi connectivity index (χ0v) is 10.9. The van der Waals surface area contributed by atoms with Gasteiger partial charge in [-0.25, -0.2) is 4.98 Å². The van der Waals surface area contributed by atoms with E-state index in [2.05, 4.69) is 15.2 Å². The van der Waals surface area contributed by atoms with Gasteiger partial charge in [0.1, 0.15) is 17.5 Å². The van der Waals surface area contributed by atoms with Gasteiger partial charge in [-0.15, -0.1) is 0 Å². The smallest absolute Gasteiger partial charge is 0.264 e. The van der Waals surface area contributed by atoms with Gasteiger partial charge in [-0.2, -0.15) is 5.10 Å². The highest BCUT2D eigenvalue weighted by Gasteiger charge is 2.13. The zero-order chi connectivity index (χ0) is 13.6. The van der Waals surface area contributed by atoms with Crippen molar-refractivity contribution in [3.8, 4) is 0 Å². The maximum atomic E-state index is 12.3. The summed E-state index contributed by atoms with van der Waals surface area (Å²) in [6.45, 7) is 4.08. The van der Waals surface area contributed by atoms with Crippen LogP contribution < -0.4 is 5.56 Å². The third-order valence-electron chi connectivity index (χ3n) is 3.23. The lowest BCUT2D eigenvalue weighted by Gasteiger charge is -2.04. The molecule has 0 N–H and O–H groups in total. The molecule has 0 radical (unpaired) electrons. The molecule has 0 aliphatic carbocycles. The van der Waals surface area contributed by atoms with E-state index in [1.807, 2.05) is 13.8 Å². The van der Waals surface area contributed by atoms with Crippen LogP contribution in [0.15, 0.2) is 21.8 Å². The van der Waals surface area contributed by atoms with Gasteiger partial charge in [0.05, 0.1) is 18.4 Å². The minimum atomic E-state index is -0.113. The number of aromatic nitrogens is 5. The quantitative estimate of drug-likeness (QED) is 0.679. The standard InChI is InChI=1S/C12H13N5O2/c1-7-10(8(2)19-15-7)5-17-6-13-11-9(12(17)18)4-14-16(11)3/h4,6H,5H2,1-3H3. The molecular formula is C12H13N5O2. The summed E-state index contributed by atoms with van der Waals surface area (Å²) in [5.74, 6) is 0.718. The van der Waals surface area contributed by atoms with E-state index in [0.29, 0.717) is 17.6 Å². The van der Waals surface area contributed by atoms with Crippen LogP contribution in [0.25, 0.3) is 11.0 Å². The fourth-order valence-electron chi connectivity index (χ4n) is 2.08. The molecule has 0 aromatic carbocycles. The molecule has 7 nitrogen and oxygen atoms in total. The Morgan fingerprint density at radius 3 is 2.84 bits per heavy atom. The van der Waals surface area contributed by atoms with Crippen molar-refractivity contribution in [2.75, 3.05) is 0 Å². The van der Waals surface area contributed by atoms with E-state index in [0.717, 1.165) is 17.0 Å². The molecule has 0 saturated carbocycles. The molecule has 0 amide bonds. The van der Waals surface area contributed by atoms with Gasteiger partial charge in [0.15, 0.2) is 5.65 Å². The largest absolute Gasteiger partial charge is 0.361 e. The highest BCUT2D eigenvalue weighted by atomic mass is 16.5. The second-order valence-electron chi connectivity index (χ2n) is 4.49. The first kappa shape index (κ1) is 11.6. The highest BCUT2D eigenvalue weighted by Crippen LogP contribution is 2.13. The monoisotopic (exact) mass is 259 g/mol. The number of hydrogen-bond acceptors (Lipinski definition) is 5. The van der Waals surface area contributed by atoms with Crippen LogP contribution >= 0.6 is 0 Å². The van der Waals surface area contributed by atoms with Crippen molar-refractivity contribution in [2.24, 2.45) is 7.05 Å². The molecular weight excluding hydrogens is 246 g/mol. The van der Waals surface area contributed by atoms with Crippen molar-refractivity contribution >= 4 is 11.0 Å². The number of fused-ring (bicyclic) bond motifs is 1. The minimum Gasteiger partial charge on any atom is -0.361 e. The Kier molecular flexibility index (Phi) is 2.48. The van der Waals surface area contributed by atoms with E-state index in [-0.39, 0.29) is 5.56 Å². The maximum absolute atomic E-state index is 12.3. The molecule has 19 heavy (non-hydrogen) atoms. The maximum Gasteiger partial charge on any atom is 0.264 e. The lowest BCUT2D eigenvalue weighted by atomic mass is 10.2. The average molecular weight is 259 g/mol. The molecule has 0 atom stereocenters. The Bertz CT molecular complexity index is 792. The van der Waals surface area contributed by atoms with Gasteiger partial charge in [0, 0.05) is 12.6 Å². The molecule has 3 aromatic heterocycles. The number of nitrogens with zero attached hydrogens (tertiary/aromatic N) is 5. The van der Waals surface area contributed by atoms with Crippen molar-refractivity contribution in [1.29, 1.82) is 0 Å². The molecule has 0 aliphatic rings. The topological polar surface area (TPSA) is 78.7 Å². The zero-order valence-electron chi connectivity index (χ0n) is 10.9. The molecule has 7 heteroatoms. The summed E-state index contributed by atoms with van der Waals surface area (Å²) < 4.78 is 8.22. The van der Waals surface area contributed by atoms with Crippen LogP contribution in [0.2, 0.25) is 0 Å². The summed E-state index contributed by atoms with van der Waals surface area (Å²) in [6, 6.07) is 0. The van der Waals surface area contributed by atoms with E-state index >= 15 is 0 Å². The van der Waals surface area contributed by atoms with E-state index < -0.39 is 0 Å². The van der Waals surface area contributed by atoms with Crippen LogP contribution in [0.3, 0.4) is 0 Å². The third-order valence-corrected chi connectivity index (χ3v) is 3.23. The number of hydrogen-bond donors (Lipinski definition) is 0. The van der Waals surface area contributed by atoms with Gasteiger partial charge in [-0.3, -0.25) is 14.0 Å². The van der Waals surface area contributed by atoms with Crippen LogP contribution in [-0.4, -0.2) is 24.5 Å². The Hall–Kier alpha value is -2.44. The van der Waals surface area contributed by atoms with E-state index in [4.69, 9.17) is 4.52 Å². The van der Waals surface area contributed by atoms with Crippen molar-refractivity contribution in [3.05, 3.63) is 39.9 Å². The molecule has 0 fully saturated rings. The molecule has 3 aromatic rings. The van der Waals surface area contributed by atoms with Gasteiger partial charge in [-0.1, -0.05) is 5.16 Å². The van der Waals surface area contributed by atoms with Crippen molar-refractivity contribution in [2.45, 2.75) is 20.4 Å². The summed E-state index contributed by atoms with van der Waals surface area (Å²) in [6.07, 6.45) is 3.06. The second-order valence-corrected chi connectivity index (χ2v) is 4.49. The molecule has 98 valence electrons. The Labute approximate surface area is 108 Å². The van der Waals surface area contributed by atoms with E-state index in [9.17, 15) is 4.79 Å². The first-order valence-electron chi connectivity index (χ1n) is 5.87. The van der Waals surface area contributed by atoms with Crippen molar-refractivity contribution < 1.29 is 4.52 Å². The lowest BCUT2D eigenvalue weighted by molar-refractivity contribution is 0.392. The summed E-state index contributed by atoms with van der Waals surface area (Å²) in [4.78, 5) is 16.6. The van der Waals surface area contributed by atoms with Gasteiger partial charge >= 0.3 is 0 Å². The SMILES string of the molecule is Cc1noc(C)c1Cn1cnc2c(cnn2C)c1=O. The second kappa shape index (κ2) is 4.04. The number of aryl methyl sites for hydroxylation is 3. The van der Waals surface area contributed by atoms with Crippen LogP contribution in [0.4, 0.5) is 0 Å². The Morgan fingerprint density at radius 2 is 2.16 bits per heavy atom. The lowest BCUT2D eigenvalue weighted by Crippen LogP contribution is -2.21. The van der Waals surface area contributed by atoms with Gasteiger partial charge in [-0.05, 0) is 13.8 Å². The molecule has 0 unspecified atom stereocenters. The fourth-order valence-corrected chi connectivity index (χ4v) is 2.08. The third kappa shape index (κ3) is 1.74. The predicted molar refractivity (Wildman–Crippen MR) is 67.8 cm³/mol. The first-order chi connectivity index (χ1) is 9.08. The van der Waals surface area contributed by atoms with Crippen LogP contribution in [0.1, 0.15) is 17.0 Å². The molecule has 3 heterocycles. The Morgan fingerprint density at radius 1 is 1.37 bits per heavy atom.